The number of carbonyl (C=O) groups excluding carboxylic acids is 3. The van der Waals surface area contributed by atoms with Crippen molar-refractivity contribution in [2.24, 2.45) is 28.5 Å². The summed E-state index contributed by atoms with van der Waals surface area (Å²) in [4.78, 5) is 48.0. The minimum atomic E-state index is -1.19. The van der Waals surface area contributed by atoms with E-state index < -0.39 is 23.9 Å². The van der Waals surface area contributed by atoms with Crippen molar-refractivity contribution in [1.82, 2.24) is 5.32 Å². The fraction of sp³-hybridized carbons (Fsp3) is 0.300. The number of rotatable bonds is 12. The van der Waals surface area contributed by atoms with Gasteiger partial charge in [0.15, 0.2) is 0 Å². The van der Waals surface area contributed by atoms with Crippen LogP contribution in [0.25, 0.3) is 11.1 Å². The highest BCUT2D eigenvalue weighted by Crippen LogP contribution is 2.39. The van der Waals surface area contributed by atoms with Crippen LogP contribution in [0.2, 0.25) is 0 Å². The quantitative estimate of drug-likeness (QED) is 0.181. The summed E-state index contributed by atoms with van der Waals surface area (Å²) < 4.78 is 0. The van der Waals surface area contributed by atoms with Gasteiger partial charge >= 0.3 is 0 Å². The Kier molecular flexibility index (Phi) is 9.62. The van der Waals surface area contributed by atoms with Crippen molar-refractivity contribution >= 4 is 29.1 Å². The van der Waals surface area contributed by atoms with Crippen molar-refractivity contribution in [3.8, 4) is 11.1 Å². The minimum Gasteiger partial charge on any atom is -0.369 e. The molecule has 1 aliphatic heterocycles. The topological polar surface area (TPSA) is 105 Å². The molecule has 1 fully saturated rings. The highest BCUT2D eigenvalue weighted by atomic mass is 16.2. The molecule has 47 heavy (non-hydrogen) atoms. The highest BCUT2D eigenvalue weighted by Gasteiger charge is 2.40. The molecule has 0 aromatic heterocycles. The van der Waals surface area contributed by atoms with Crippen LogP contribution >= 0.6 is 0 Å². The summed E-state index contributed by atoms with van der Waals surface area (Å²) in [5.41, 5.74) is 13.1. The lowest BCUT2D eigenvalue weighted by molar-refractivity contribution is -0.135. The van der Waals surface area contributed by atoms with Crippen LogP contribution in [0.3, 0.4) is 0 Å². The van der Waals surface area contributed by atoms with Crippen molar-refractivity contribution in [2.45, 2.75) is 58.7 Å². The summed E-state index contributed by atoms with van der Waals surface area (Å²) in [5.74, 6) is -2.00. The molecule has 1 saturated carbocycles. The fourth-order valence-electron chi connectivity index (χ4n) is 6.55. The lowest BCUT2D eigenvalue weighted by Gasteiger charge is -2.28. The van der Waals surface area contributed by atoms with Gasteiger partial charge in [0.1, 0.15) is 0 Å². The van der Waals surface area contributed by atoms with E-state index in [1.807, 2.05) is 73.7 Å². The van der Waals surface area contributed by atoms with Crippen LogP contribution in [0.15, 0.2) is 108 Å². The molecule has 3 amide bonds. The SMILES string of the molecule is CCC[C@H](C(N)=O)[C@@H](CC1CC1)C(=O)NC1N=C(c2ccccc2)c2ccccc2N(Cc2cccc(-c3ccc(C)cc3)c2)C1=O. The molecule has 3 atom stereocenters. The Bertz CT molecular complexity index is 1780. The number of amides is 3. The third kappa shape index (κ3) is 7.35. The van der Waals surface area contributed by atoms with Crippen LogP contribution in [0, 0.1) is 24.7 Å². The molecule has 0 bridgehead atoms. The molecular formula is C40H42N4O3. The summed E-state index contributed by atoms with van der Waals surface area (Å²) in [5, 5.41) is 3.00. The number of nitrogens with zero attached hydrogens (tertiary/aromatic N) is 2. The summed E-state index contributed by atoms with van der Waals surface area (Å²) in [6.45, 7) is 4.33. The van der Waals surface area contributed by atoms with Crippen molar-refractivity contribution in [3.05, 3.63) is 125 Å². The molecule has 7 heteroatoms. The number of primary amides is 1. The fourth-order valence-corrected chi connectivity index (χ4v) is 6.55. The predicted octanol–water partition coefficient (Wildman–Crippen LogP) is 6.81. The van der Waals surface area contributed by atoms with E-state index in [2.05, 4.69) is 48.6 Å². The van der Waals surface area contributed by atoms with Gasteiger partial charge in [0.2, 0.25) is 18.0 Å². The maximum absolute atomic E-state index is 14.6. The zero-order valence-corrected chi connectivity index (χ0v) is 27.1. The van der Waals surface area contributed by atoms with Gasteiger partial charge < -0.3 is 16.0 Å². The van der Waals surface area contributed by atoms with Crippen molar-refractivity contribution < 1.29 is 14.4 Å². The largest absolute Gasteiger partial charge is 0.369 e. The normalized spacial score (nSPS) is 17.2. The third-order valence-electron chi connectivity index (χ3n) is 9.26. The minimum absolute atomic E-state index is 0.282. The molecule has 2 aliphatic rings. The molecule has 240 valence electrons. The van der Waals surface area contributed by atoms with Crippen LogP contribution in [0.4, 0.5) is 5.69 Å². The Morgan fingerprint density at radius 2 is 1.57 bits per heavy atom. The number of benzene rings is 4. The zero-order chi connectivity index (χ0) is 32.9. The second kappa shape index (κ2) is 14.2. The third-order valence-corrected chi connectivity index (χ3v) is 9.26. The molecule has 4 aromatic carbocycles. The average molecular weight is 627 g/mol. The first-order valence-electron chi connectivity index (χ1n) is 16.6. The van der Waals surface area contributed by atoms with Crippen molar-refractivity contribution in [1.29, 1.82) is 0 Å². The first kappa shape index (κ1) is 31.9. The Morgan fingerprint density at radius 1 is 0.872 bits per heavy atom. The number of carbonyl (C=O) groups is 3. The van der Waals surface area contributed by atoms with Crippen LogP contribution in [0.5, 0.6) is 0 Å². The van der Waals surface area contributed by atoms with Gasteiger partial charge in [-0.3, -0.25) is 14.4 Å². The first-order chi connectivity index (χ1) is 22.8. The molecule has 1 aliphatic carbocycles. The molecule has 1 unspecified atom stereocenters. The van der Waals surface area contributed by atoms with E-state index in [-0.39, 0.29) is 18.4 Å². The average Bonchev–Trinajstić information content (AvgIpc) is 3.92. The van der Waals surface area contributed by atoms with Crippen molar-refractivity contribution in [3.63, 3.8) is 0 Å². The molecule has 7 nitrogen and oxygen atoms in total. The highest BCUT2D eigenvalue weighted by molar-refractivity contribution is 6.20. The van der Waals surface area contributed by atoms with Crippen LogP contribution in [-0.4, -0.2) is 29.6 Å². The van der Waals surface area contributed by atoms with Gasteiger partial charge in [-0.25, -0.2) is 4.99 Å². The molecule has 0 radical (unpaired) electrons. The van der Waals surface area contributed by atoms with Gasteiger partial charge in [0.25, 0.3) is 5.91 Å². The van der Waals surface area contributed by atoms with Gasteiger partial charge in [-0.15, -0.1) is 0 Å². The summed E-state index contributed by atoms with van der Waals surface area (Å²) in [6, 6.07) is 34.0. The molecule has 0 saturated heterocycles. The second-order valence-electron chi connectivity index (χ2n) is 12.8. The molecule has 0 spiro atoms. The molecule has 3 N–H and O–H groups in total. The monoisotopic (exact) mass is 626 g/mol. The number of anilines is 1. The number of nitrogens with two attached hydrogens (primary N) is 1. The molecule has 6 rings (SSSR count). The van der Waals surface area contributed by atoms with Gasteiger partial charge in [0.05, 0.1) is 17.9 Å². The Balaban J connectivity index is 1.39. The Hall–Kier alpha value is -5.04. The maximum atomic E-state index is 14.6. The van der Waals surface area contributed by atoms with E-state index in [1.165, 1.54) is 5.56 Å². The number of hydrogen-bond donors (Lipinski definition) is 2. The van der Waals surface area contributed by atoms with Crippen LogP contribution in [-0.2, 0) is 20.9 Å². The lowest BCUT2D eigenvalue weighted by Crippen LogP contribution is -2.50. The van der Waals surface area contributed by atoms with Gasteiger partial charge in [-0.05, 0) is 54.5 Å². The van der Waals surface area contributed by atoms with Crippen LogP contribution in [0.1, 0.15) is 61.3 Å². The smallest absolute Gasteiger partial charge is 0.272 e. The molecular weight excluding hydrogens is 584 g/mol. The zero-order valence-electron chi connectivity index (χ0n) is 27.1. The van der Waals surface area contributed by atoms with Crippen LogP contribution < -0.4 is 16.0 Å². The first-order valence-corrected chi connectivity index (χ1v) is 16.6. The van der Waals surface area contributed by atoms with E-state index in [9.17, 15) is 14.4 Å². The van der Waals surface area contributed by atoms with Crippen molar-refractivity contribution in [2.75, 3.05) is 4.90 Å². The van der Waals surface area contributed by atoms with Gasteiger partial charge in [-0.2, -0.15) is 0 Å². The number of hydrogen-bond acceptors (Lipinski definition) is 4. The summed E-state index contributed by atoms with van der Waals surface area (Å²) in [7, 11) is 0. The summed E-state index contributed by atoms with van der Waals surface area (Å²) in [6.07, 6.45) is 2.70. The van der Waals surface area contributed by atoms with E-state index in [0.717, 1.165) is 47.1 Å². The second-order valence-corrected chi connectivity index (χ2v) is 12.8. The van der Waals surface area contributed by atoms with E-state index in [4.69, 9.17) is 10.7 Å². The maximum Gasteiger partial charge on any atom is 0.272 e. The van der Waals surface area contributed by atoms with Gasteiger partial charge in [0, 0.05) is 23.0 Å². The summed E-state index contributed by atoms with van der Waals surface area (Å²) >= 11 is 0. The lowest BCUT2D eigenvalue weighted by atomic mass is 9.83. The number of para-hydroxylation sites is 1. The number of fused-ring (bicyclic) bond motifs is 1. The Morgan fingerprint density at radius 3 is 2.28 bits per heavy atom. The van der Waals surface area contributed by atoms with E-state index in [0.29, 0.717) is 30.2 Å². The number of aryl methyl sites for hydroxylation is 1. The number of aliphatic imine (C=N–C) groups is 1. The standard InChI is InChI=1S/C40H42N4O3/c1-3-10-32(37(41)45)34(24-27-19-20-27)39(46)43-38-40(47)44(25-28-11-9-14-31(23-28)29-21-17-26(2)18-22-29)35-16-8-7-15-33(35)36(42-38)30-12-5-4-6-13-30/h4-9,11-18,21-23,27,32,34,38H,3,10,19-20,24-25H2,1-2H3,(H2,41,45)(H,43,46)/t32-,34+,38?/m0/s1. The van der Waals surface area contributed by atoms with E-state index >= 15 is 0 Å². The number of benzodiazepines with no additional fused rings is 1. The molecule has 4 aromatic rings. The van der Waals surface area contributed by atoms with E-state index in [1.54, 1.807) is 4.90 Å². The molecule has 1 heterocycles. The predicted molar refractivity (Wildman–Crippen MR) is 187 cm³/mol. The number of nitrogens with one attached hydrogen (secondary N) is 1. The van der Waals surface area contributed by atoms with Gasteiger partial charge in [-0.1, -0.05) is 123 Å². The Labute approximate surface area is 276 Å².